The first kappa shape index (κ1) is 24.2. The number of anilines is 2. The van der Waals surface area contributed by atoms with E-state index in [9.17, 15) is 4.79 Å². The molecule has 0 radical (unpaired) electrons. The number of nitrogens with one attached hydrogen (secondary N) is 1. The monoisotopic (exact) mass is 490 g/mol. The summed E-state index contributed by atoms with van der Waals surface area (Å²) in [6.45, 7) is 10.5. The van der Waals surface area contributed by atoms with Gasteiger partial charge in [-0.25, -0.2) is 9.97 Å². The lowest BCUT2D eigenvalue weighted by atomic mass is 9.87. The molecule has 0 aliphatic carbocycles. The molecule has 3 aromatic carbocycles. The van der Waals surface area contributed by atoms with Crippen molar-refractivity contribution < 1.29 is 4.79 Å². The molecule has 37 heavy (non-hydrogen) atoms. The molecule has 0 bridgehead atoms. The van der Waals surface area contributed by atoms with E-state index in [1.54, 1.807) is 6.21 Å². The lowest BCUT2D eigenvalue weighted by molar-refractivity contribution is 0.102. The van der Waals surface area contributed by atoms with Crippen LogP contribution in [0.25, 0.3) is 22.2 Å². The maximum absolute atomic E-state index is 13.5. The van der Waals surface area contributed by atoms with Gasteiger partial charge in [0.1, 0.15) is 16.9 Å². The second-order valence-corrected chi connectivity index (χ2v) is 10.4. The zero-order valence-electron chi connectivity index (χ0n) is 21.7. The molecule has 186 valence electrons. The molecule has 5 aromatic rings. The van der Waals surface area contributed by atoms with E-state index in [1.807, 2.05) is 62.4 Å². The van der Waals surface area contributed by atoms with Crippen LogP contribution in [0.5, 0.6) is 0 Å². The number of hydrogen-bond donors (Lipinski definition) is 2. The zero-order chi connectivity index (χ0) is 26.3. The number of hydrogen-bond acceptors (Lipinski definition) is 5. The number of rotatable bonds is 4. The first-order valence-corrected chi connectivity index (χ1v) is 12.2. The fraction of sp³-hybridized carbons (Fsp3) is 0.200. The van der Waals surface area contributed by atoms with Crippen molar-refractivity contribution >= 4 is 45.8 Å². The van der Waals surface area contributed by atoms with Crippen molar-refractivity contribution in [3.8, 4) is 0 Å². The van der Waals surface area contributed by atoms with Crippen LogP contribution in [0.3, 0.4) is 0 Å². The van der Waals surface area contributed by atoms with Crippen LogP contribution in [-0.2, 0) is 5.41 Å². The van der Waals surface area contributed by atoms with Crippen molar-refractivity contribution in [3.05, 3.63) is 94.5 Å². The Morgan fingerprint density at radius 1 is 0.946 bits per heavy atom. The van der Waals surface area contributed by atoms with Gasteiger partial charge in [-0.2, -0.15) is 9.78 Å². The van der Waals surface area contributed by atoms with Gasteiger partial charge in [0.2, 0.25) is 0 Å². The number of aryl methyl sites for hydroxylation is 2. The lowest BCUT2D eigenvalue weighted by Gasteiger charge is -2.18. The number of nitrogen functional groups attached to an aromatic ring is 1. The molecule has 0 aliphatic heterocycles. The summed E-state index contributed by atoms with van der Waals surface area (Å²) in [5.74, 6) is -0.185. The van der Waals surface area contributed by atoms with Crippen molar-refractivity contribution in [2.24, 2.45) is 5.10 Å². The molecular formula is C30H30N6O. The second kappa shape index (κ2) is 9.17. The van der Waals surface area contributed by atoms with Gasteiger partial charge >= 0.3 is 0 Å². The van der Waals surface area contributed by atoms with E-state index >= 15 is 0 Å². The zero-order valence-corrected chi connectivity index (χ0v) is 21.7. The van der Waals surface area contributed by atoms with Crippen LogP contribution < -0.4 is 11.1 Å². The topological polar surface area (TPSA) is 98.2 Å². The van der Waals surface area contributed by atoms with E-state index in [2.05, 4.69) is 49.4 Å². The number of nitrogens with two attached hydrogens (primary N) is 1. The number of fused-ring (bicyclic) bond motifs is 2. The van der Waals surface area contributed by atoms with Crippen molar-refractivity contribution in [2.75, 3.05) is 11.1 Å². The molecule has 0 atom stereocenters. The van der Waals surface area contributed by atoms with Gasteiger partial charge in [-0.05, 0) is 65.8 Å². The minimum atomic E-state index is -0.361. The van der Waals surface area contributed by atoms with Gasteiger partial charge in [0.25, 0.3) is 5.91 Å². The first-order chi connectivity index (χ1) is 17.6. The highest BCUT2D eigenvalue weighted by Crippen LogP contribution is 2.29. The summed E-state index contributed by atoms with van der Waals surface area (Å²) >= 11 is 0. The molecule has 5 rings (SSSR count). The fourth-order valence-corrected chi connectivity index (χ4v) is 4.42. The summed E-state index contributed by atoms with van der Waals surface area (Å²) in [7, 11) is 0. The van der Waals surface area contributed by atoms with Crippen molar-refractivity contribution in [2.45, 2.75) is 40.0 Å². The molecule has 7 heteroatoms. The predicted octanol–water partition coefficient (Wildman–Crippen LogP) is 6.22. The Kier molecular flexibility index (Phi) is 5.99. The third-order valence-electron chi connectivity index (χ3n) is 6.28. The van der Waals surface area contributed by atoms with Crippen molar-refractivity contribution in [1.29, 1.82) is 0 Å². The Hall–Kier alpha value is -4.52. The highest BCUT2D eigenvalue weighted by molar-refractivity contribution is 6.16. The maximum atomic E-state index is 13.5. The number of amides is 1. The van der Waals surface area contributed by atoms with Gasteiger partial charge in [0.15, 0.2) is 5.65 Å². The van der Waals surface area contributed by atoms with Crippen LogP contribution in [0, 0.1) is 13.8 Å². The second-order valence-electron chi connectivity index (χ2n) is 10.4. The first-order valence-electron chi connectivity index (χ1n) is 12.2. The van der Waals surface area contributed by atoms with Crippen LogP contribution >= 0.6 is 0 Å². The van der Waals surface area contributed by atoms with E-state index < -0.39 is 0 Å². The van der Waals surface area contributed by atoms with Crippen LogP contribution in [0.4, 0.5) is 11.5 Å². The van der Waals surface area contributed by atoms with Gasteiger partial charge in [0.05, 0.1) is 17.2 Å². The average molecular weight is 491 g/mol. The summed E-state index contributed by atoms with van der Waals surface area (Å²) in [6, 6.07) is 21.6. The Morgan fingerprint density at radius 3 is 2.19 bits per heavy atom. The molecular weight excluding hydrogens is 460 g/mol. The number of carbonyl (C=O) groups excluding carboxylic acids is 1. The number of para-hydroxylation sites is 2. The summed E-state index contributed by atoms with van der Waals surface area (Å²) in [4.78, 5) is 23.0. The number of carbonyl (C=O) groups is 1. The normalized spacial score (nSPS) is 12.0. The Morgan fingerprint density at radius 2 is 1.57 bits per heavy atom. The molecule has 3 N–H and O–H groups in total. The molecule has 0 fully saturated rings. The van der Waals surface area contributed by atoms with E-state index in [0.717, 1.165) is 16.7 Å². The highest BCUT2D eigenvalue weighted by Gasteiger charge is 2.24. The summed E-state index contributed by atoms with van der Waals surface area (Å²) in [5.41, 5.74) is 14.0. The minimum absolute atomic E-state index is 0.0610. The maximum Gasteiger partial charge on any atom is 0.261 e. The van der Waals surface area contributed by atoms with E-state index in [0.29, 0.717) is 27.9 Å². The number of benzene rings is 3. The van der Waals surface area contributed by atoms with Crippen LogP contribution in [0.1, 0.15) is 53.4 Å². The third-order valence-corrected chi connectivity index (χ3v) is 6.28. The Bertz CT molecular complexity index is 1650. The summed E-state index contributed by atoms with van der Waals surface area (Å²) < 4.78 is 1.49. The molecule has 2 aromatic heterocycles. The number of aromatic nitrogens is 3. The Balaban J connectivity index is 1.61. The van der Waals surface area contributed by atoms with Crippen LogP contribution in [0.15, 0.2) is 71.8 Å². The molecule has 0 saturated heterocycles. The predicted molar refractivity (Wildman–Crippen MR) is 151 cm³/mol. The molecule has 0 aliphatic rings. The standard InChI is InChI=1S/C30H30N6O/c1-18-14-19(2)16-22(15-18)33-29(37)25-26-28(35-24-9-7-6-8-23(24)34-26)36(27(25)31)32-17-20-10-12-21(13-11-20)30(3,4)5/h6-17H,31H2,1-5H3,(H,33,37). The quantitative estimate of drug-likeness (QED) is 0.292. The molecule has 0 unspecified atom stereocenters. The van der Waals surface area contributed by atoms with Crippen molar-refractivity contribution in [3.63, 3.8) is 0 Å². The SMILES string of the molecule is Cc1cc(C)cc(NC(=O)c2c(N)n(N=Cc3ccc(C(C)(C)C)cc3)c3nc4ccccc4nc23)c1. The molecule has 2 heterocycles. The smallest absolute Gasteiger partial charge is 0.261 e. The Labute approximate surface area is 216 Å². The summed E-state index contributed by atoms with van der Waals surface area (Å²) in [6.07, 6.45) is 1.71. The van der Waals surface area contributed by atoms with E-state index in [-0.39, 0.29) is 22.7 Å². The van der Waals surface area contributed by atoms with Crippen molar-refractivity contribution in [1.82, 2.24) is 14.6 Å². The fourth-order valence-electron chi connectivity index (χ4n) is 4.42. The van der Waals surface area contributed by atoms with E-state index in [4.69, 9.17) is 15.7 Å². The van der Waals surface area contributed by atoms with Gasteiger partial charge in [0, 0.05) is 5.69 Å². The average Bonchev–Trinajstić information content (AvgIpc) is 3.10. The van der Waals surface area contributed by atoms with Gasteiger partial charge < -0.3 is 11.1 Å². The lowest BCUT2D eigenvalue weighted by Crippen LogP contribution is -2.14. The molecule has 0 saturated carbocycles. The third kappa shape index (κ3) is 4.80. The molecule has 1 amide bonds. The molecule has 0 spiro atoms. The van der Waals surface area contributed by atoms with Gasteiger partial charge in [-0.3, -0.25) is 4.79 Å². The molecule has 7 nitrogen and oxygen atoms in total. The van der Waals surface area contributed by atoms with Gasteiger partial charge in [-0.15, -0.1) is 0 Å². The van der Waals surface area contributed by atoms with Gasteiger partial charge in [-0.1, -0.05) is 63.2 Å². The van der Waals surface area contributed by atoms with Crippen LogP contribution in [-0.4, -0.2) is 26.8 Å². The summed E-state index contributed by atoms with van der Waals surface area (Å²) in [5, 5.41) is 7.60. The number of nitrogens with zero attached hydrogens (tertiary/aromatic N) is 4. The minimum Gasteiger partial charge on any atom is -0.383 e. The highest BCUT2D eigenvalue weighted by atomic mass is 16.1. The largest absolute Gasteiger partial charge is 0.383 e. The van der Waals surface area contributed by atoms with E-state index in [1.165, 1.54) is 10.2 Å². The van der Waals surface area contributed by atoms with Crippen LogP contribution in [0.2, 0.25) is 0 Å².